The molecule has 1 aliphatic rings. The number of methoxy groups -OCH3 is 1. The molecular weight excluding hydrogens is 242 g/mol. The Bertz CT molecular complexity index is 436. The molecule has 1 amide bonds. The summed E-state index contributed by atoms with van der Waals surface area (Å²) in [5.41, 5.74) is 7.07. The van der Waals surface area contributed by atoms with Gasteiger partial charge in [0.05, 0.1) is 24.5 Å². The summed E-state index contributed by atoms with van der Waals surface area (Å²) in [6, 6.07) is 7.29. The Balaban J connectivity index is 1.81. The summed E-state index contributed by atoms with van der Waals surface area (Å²) in [6.45, 7) is 3.05. The summed E-state index contributed by atoms with van der Waals surface area (Å²) in [7, 11) is 1.72. The van der Waals surface area contributed by atoms with Crippen molar-refractivity contribution >= 4 is 17.3 Å². The number of nitrogen functional groups attached to an aromatic ring is 1. The Hall–Kier alpha value is -1.59. The van der Waals surface area contributed by atoms with Gasteiger partial charge in [-0.15, -0.1) is 0 Å². The molecule has 1 aliphatic heterocycles. The van der Waals surface area contributed by atoms with Crippen molar-refractivity contribution in [2.45, 2.75) is 6.42 Å². The summed E-state index contributed by atoms with van der Waals surface area (Å²) in [5.74, 6) is 0.524. The number of nitrogens with two attached hydrogens (primary N) is 1. The molecule has 0 radical (unpaired) electrons. The number of carbonyl (C=O) groups is 1. The molecule has 1 unspecified atom stereocenters. The molecule has 0 spiro atoms. The summed E-state index contributed by atoms with van der Waals surface area (Å²) in [6.07, 6.45) is 1.09. The standard InChI is InChI=1S/C14H21N3O2/c1-19-10-11-6-7-17(8-11)9-14(18)16-13-5-3-2-4-12(13)15/h2-5,11H,6-10,15H2,1H3,(H,16,18). The normalized spacial score (nSPS) is 19.5. The highest BCUT2D eigenvalue weighted by atomic mass is 16.5. The first-order valence-corrected chi connectivity index (χ1v) is 6.54. The van der Waals surface area contributed by atoms with E-state index in [2.05, 4.69) is 10.2 Å². The van der Waals surface area contributed by atoms with Gasteiger partial charge in [0.2, 0.25) is 5.91 Å². The summed E-state index contributed by atoms with van der Waals surface area (Å²) in [4.78, 5) is 14.1. The number of ether oxygens (including phenoxy) is 1. The van der Waals surface area contributed by atoms with E-state index in [0.717, 1.165) is 26.1 Å². The Morgan fingerprint density at radius 1 is 1.53 bits per heavy atom. The smallest absolute Gasteiger partial charge is 0.238 e. The van der Waals surface area contributed by atoms with Gasteiger partial charge in [0, 0.05) is 13.7 Å². The average Bonchev–Trinajstić information content (AvgIpc) is 2.80. The zero-order valence-corrected chi connectivity index (χ0v) is 11.3. The van der Waals surface area contributed by atoms with Crippen molar-refractivity contribution in [3.63, 3.8) is 0 Å². The van der Waals surface area contributed by atoms with E-state index in [4.69, 9.17) is 10.5 Å². The number of likely N-dealkylation sites (tertiary alicyclic amines) is 1. The van der Waals surface area contributed by atoms with Crippen LogP contribution in [0.1, 0.15) is 6.42 Å². The van der Waals surface area contributed by atoms with Crippen molar-refractivity contribution in [1.82, 2.24) is 4.90 Å². The molecule has 0 aliphatic carbocycles. The van der Waals surface area contributed by atoms with Crippen LogP contribution in [0.3, 0.4) is 0 Å². The highest BCUT2D eigenvalue weighted by Crippen LogP contribution is 2.18. The van der Waals surface area contributed by atoms with Crippen molar-refractivity contribution in [3.05, 3.63) is 24.3 Å². The molecule has 3 N–H and O–H groups in total. The van der Waals surface area contributed by atoms with Gasteiger partial charge < -0.3 is 15.8 Å². The molecule has 1 saturated heterocycles. The first kappa shape index (κ1) is 13.8. The Morgan fingerprint density at radius 3 is 3.05 bits per heavy atom. The molecule has 1 heterocycles. The molecular formula is C14H21N3O2. The minimum Gasteiger partial charge on any atom is -0.397 e. The van der Waals surface area contributed by atoms with Crippen LogP contribution < -0.4 is 11.1 Å². The van der Waals surface area contributed by atoms with Gasteiger partial charge in [-0.3, -0.25) is 9.69 Å². The van der Waals surface area contributed by atoms with Crippen LogP contribution in [-0.4, -0.2) is 44.2 Å². The van der Waals surface area contributed by atoms with Gasteiger partial charge in [-0.2, -0.15) is 0 Å². The molecule has 5 heteroatoms. The third kappa shape index (κ3) is 3.94. The third-order valence-electron chi connectivity index (χ3n) is 3.37. The van der Waals surface area contributed by atoms with Gasteiger partial charge in [0.1, 0.15) is 0 Å². The predicted octanol–water partition coefficient (Wildman–Crippen LogP) is 1.18. The molecule has 19 heavy (non-hydrogen) atoms. The minimum absolute atomic E-state index is 0.0176. The number of nitrogens with zero attached hydrogens (tertiary/aromatic N) is 1. The summed E-state index contributed by atoms with van der Waals surface area (Å²) >= 11 is 0. The fourth-order valence-electron chi connectivity index (χ4n) is 2.43. The van der Waals surface area contributed by atoms with E-state index in [1.807, 2.05) is 18.2 Å². The molecule has 1 atom stereocenters. The number of hydrogen-bond acceptors (Lipinski definition) is 4. The van der Waals surface area contributed by atoms with Crippen LogP contribution in [0, 0.1) is 5.92 Å². The predicted molar refractivity (Wildman–Crippen MR) is 75.9 cm³/mol. The number of hydrogen-bond donors (Lipinski definition) is 2. The highest BCUT2D eigenvalue weighted by molar-refractivity contribution is 5.95. The second-order valence-electron chi connectivity index (χ2n) is 4.98. The third-order valence-corrected chi connectivity index (χ3v) is 3.37. The van der Waals surface area contributed by atoms with Crippen molar-refractivity contribution in [3.8, 4) is 0 Å². The second kappa shape index (κ2) is 6.54. The van der Waals surface area contributed by atoms with Crippen molar-refractivity contribution in [1.29, 1.82) is 0 Å². The Labute approximate surface area is 113 Å². The maximum absolute atomic E-state index is 11.9. The van der Waals surface area contributed by atoms with Crippen molar-refractivity contribution < 1.29 is 9.53 Å². The number of para-hydroxylation sites is 2. The van der Waals surface area contributed by atoms with Gasteiger partial charge in [-0.1, -0.05) is 12.1 Å². The topological polar surface area (TPSA) is 67.6 Å². The van der Waals surface area contributed by atoms with Crippen LogP contribution in [0.15, 0.2) is 24.3 Å². The number of nitrogens with one attached hydrogen (secondary N) is 1. The minimum atomic E-state index is -0.0176. The van der Waals surface area contributed by atoms with Crippen molar-refractivity contribution in [2.24, 2.45) is 5.92 Å². The van der Waals surface area contributed by atoms with E-state index >= 15 is 0 Å². The van der Waals surface area contributed by atoms with E-state index < -0.39 is 0 Å². The quantitative estimate of drug-likeness (QED) is 0.783. The first-order chi connectivity index (χ1) is 9.19. The van der Waals surface area contributed by atoms with Gasteiger partial charge in [-0.05, 0) is 31.0 Å². The number of amides is 1. The van der Waals surface area contributed by atoms with E-state index in [1.54, 1.807) is 13.2 Å². The van der Waals surface area contributed by atoms with Gasteiger partial charge >= 0.3 is 0 Å². The van der Waals surface area contributed by atoms with Gasteiger partial charge in [0.25, 0.3) is 0 Å². The van der Waals surface area contributed by atoms with Gasteiger partial charge in [0.15, 0.2) is 0 Å². The Morgan fingerprint density at radius 2 is 2.32 bits per heavy atom. The zero-order valence-electron chi connectivity index (χ0n) is 11.3. The largest absolute Gasteiger partial charge is 0.397 e. The van der Waals surface area contributed by atoms with E-state index in [-0.39, 0.29) is 5.91 Å². The number of benzene rings is 1. The van der Waals surface area contributed by atoms with E-state index in [0.29, 0.717) is 23.8 Å². The number of rotatable bonds is 5. The SMILES string of the molecule is COCC1CCN(CC(=O)Nc2ccccc2N)C1. The summed E-state index contributed by atoms with van der Waals surface area (Å²) in [5, 5.41) is 2.85. The lowest BCUT2D eigenvalue weighted by Gasteiger charge is -2.16. The zero-order chi connectivity index (χ0) is 13.7. The van der Waals surface area contributed by atoms with Crippen LogP contribution in [0.4, 0.5) is 11.4 Å². The fourth-order valence-corrected chi connectivity index (χ4v) is 2.43. The molecule has 0 bridgehead atoms. The number of carbonyl (C=O) groups excluding carboxylic acids is 1. The molecule has 5 nitrogen and oxygen atoms in total. The molecule has 0 saturated carbocycles. The molecule has 0 aromatic heterocycles. The van der Waals surface area contributed by atoms with Crippen molar-refractivity contribution in [2.75, 3.05) is 44.4 Å². The molecule has 2 rings (SSSR count). The van der Waals surface area contributed by atoms with E-state index in [1.165, 1.54) is 0 Å². The first-order valence-electron chi connectivity index (χ1n) is 6.54. The highest BCUT2D eigenvalue weighted by Gasteiger charge is 2.23. The monoisotopic (exact) mass is 263 g/mol. The Kier molecular flexibility index (Phi) is 4.76. The van der Waals surface area contributed by atoms with Crippen LogP contribution in [-0.2, 0) is 9.53 Å². The van der Waals surface area contributed by atoms with Crippen LogP contribution in [0.5, 0.6) is 0 Å². The average molecular weight is 263 g/mol. The molecule has 1 aromatic carbocycles. The molecule has 104 valence electrons. The van der Waals surface area contributed by atoms with Crippen LogP contribution in [0.2, 0.25) is 0 Å². The molecule has 1 aromatic rings. The lowest BCUT2D eigenvalue weighted by atomic mass is 10.1. The fraction of sp³-hybridized carbons (Fsp3) is 0.500. The second-order valence-corrected chi connectivity index (χ2v) is 4.98. The summed E-state index contributed by atoms with van der Waals surface area (Å²) < 4.78 is 5.15. The maximum atomic E-state index is 11.9. The lowest BCUT2D eigenvalue weighted by molar-refractivity contribution is -0.117. The van der Waals surface area contributed by atoms with Crippen LogP contribution in [0.25, 0.3) is 0 Å². The van der Waals surface area contributed by atoms with E-state index in [9.17, 15) is 4.79 Å². The van der Waals surface area contributed by atoms with Gasteiger partial charge in [-0.25, -0.2) is 0 Å². The maximum Gasteiger partial charge on any atom is 0.238 e. The molecule has 1 fully saturated rings. The number of anilines is 2. The lowest BCUT2D eigenvalue weighted by Crippen LogP contribution is -2.32. The van der Waals surface area contributed by atoms with Crippen LogP contribution >= 0.6 is 0 Å².